The normalized spacial score (nSPS) is 23.4. The summed E-state index contributed by atoms with van der Waals surface area (Å²) in [6, 6.07) is 1.23. The molecule has 1 aliphatic heterocycles. The van der Waals surface area contributed by atoms with Gasteiger partial charge in [-0.1, -0.05) is 0 Å². The Morgan fingerprint density at radius 3 is 3.00 bits per heavy atom. The number of hydrogen-bond donors (Lipinski definition) is 0. The monoisotopic (exact) mass is 229 g/mol. The van der Waals surface area contributed by atoms with E-state index in [1.54, 1.807) is 6.26 Å². The highest BCUT2D eigenvalue weighted by atomic mass is 35.5. The molecule has 1 aromatic heterocycles. The average molecular weight is 230 g/mol. The van der Waals surface area contributed by atoms with Crippen LogP contribution >= 0.6 is 11.6 Å². The van der Waals surface area contributed by atoms with Gasteiger partial charge in [0.15, 0.2) is 0 Å². The molecule has 0 aromatic carbocycles. The maximum Gasteiger partial charge on any atom is 0.297 e. The van der Waals surface area contributed by atoms with E-state index in [2.05, 4.69) is 28.8 Å². The lowest BCUT2D eigenvalue weighted by Gasteiger charge is -2.36. The third-order valence-corrected chi connectivity index (χ3v) is 3.18. The highest BCUT2D eigenvalue weighted by molar-refractivity contribution is 6.16. The van der Waals surface area contributed by atoms with Crippen molar-refractivity contribution in [3.8, 4) is 0 Å². The molecule has 84 valence electrons. The Balaban J connectivity index is 2.05. The molecular formula is C10H16ClN3O. The Kier molecular flexibility index (Phi) is 3.17. The van der Waals surface area contributed by atoms with Crippen LogP contribution in [0.4, 0.5) is 6.01 Å². The molecule has 5 heteroatoms. The summed E-state index contributed by atoms with van der Waals surface area (Å²) in [6.45, 7) is 5.17. The number of anilines is 1. The molecule has 4 nitrogen and oxygen atoms in total. The van der Waals surface area contributed by atoms with Crippen LogP contribution in [-0.2, 0) is 5.88 Å². The molecule has 2 rings (SSSR count). The van der Waals surface area contributed by atoms with Crippen molar-refractivity contribution in [3.63, 3.8) is 0 Å². The van der Waals surface area contributed by atoms with Crippen molar-refractivity contribution in [1.82, 2.24) is 9.88 Å². The zero-order chi connectivity index (χ0) is 10.8. The van der Waals surface area contributed by atoms with Gasteiger partial charge in [-0.15, -0.1) is 11.6 Å². The molecule has 1 atom stereocenters. The zero-order valence-electron chi connectivity index (χ0n) is 9.11. The van der Waals surface area contributed by atoms with Crippen LogP contribution in [0.1, 0.15) is 12.6 Å². The second kappa shape index (κ2) is 4.41. The van der Waals surface area contributed by atoms with Gasteiger partial charge in [0, 0.05) is 25.7 Å². The van der Waals surface area contributed by atoms with Crippen molar-refractivity contribution < 1.29 is 4.42 Å². The smallest absolute Gasteiger partial charge is 0.297 e. The van der Waals surface area contributed by atoms with Crippen molar-refractivity contribution in [2.45, 2.75) is 18.8 Å². The number of hydrogen-bond acceptors (Lipinski definition) is 4. The number of halogens is 1. The van der Waals surface area contributed by atoms with Gasteiger partial charge < -0.3 is 14.2 Å². The van der Waals surface area contributed by atoms with Gasteiger partial charge in [0.25, 0.3) is 6.01 Å². The molecule has 1 fully saturated rings. The number of piperazine rings is 1. The number of nitrogens with zero attached hydrogens (tertiary/aromatic N) is 3. The van der Waals surface area contributed by atoms with Crippen LogP contribution in [-0.4, -0.2) is 42.6 Å². The van der Waals surface area contributed by atoms with Crippen LogP contribution in [0.5, 0.6) is 0 Å². The summed E-state index contributed by atoms with van der Waals surface area (Å²) in [5.41, 5.74) is 0.804. The fourth-order valence-electron chi connectivity index (χ4n) is 1.73. The first-order valence-corrected chi connectivity index (χ1v) is 5.69. The lowest BCUT2D eigenvalue weighted by Crippen LogP contribution is -2.50. The number of rotatable bonds is 2. The second-order valence-electron chi connectivity index (χ2n) is 4.03. The Bertz CT molecular complexity index is 328. The maximum atomic E-state index is 5.68. The first-order chi connectivity index (χ1) is 7.20. The van der Waals surface area contributed by atoms with Gasteiger partial charge in [-0.25, -0.2) is 0 Å². The predicted molar refractivity (Wildman–Crippen MR) is 60.4 cm³/mol. The van der Waals surface area contributed by atoms with Gasteiger partial charge in [-0.2, -0.15) is 4.98 Å². The standard InChI is InChI=1S/C10H16ClN3O/c1-8-6-14(4-3-13(8)2)10-12-9(5-11)7-15-10/h7-8H,3-6H2,1-2H3. The van der Waals surface area contributed by atoms with Gasteiger partial charge in [0.05, 0.1) is 11.6 Å². The van der Waals surface area contributed by atoms with Crippen molar-refractivity contribution in [1.29, 1.82) is 0 Å². The Hall–Kier alpha value is -0.740. The van der Waals surface area contributed by atoms with Crippen LogP contribution in [0.25, 0.3) is 0 Å². The SMILES string of the molecule is CC1CN(c2nc(CCl)co2)CCN1C. The first kappa shape index (κ1) is 10.8. The number of oxazole rings is 1. The number of alkyl halides is 1. The number of likely N-dealkylation sites (N-methyl/N-ethyl adjacent to an activating group) is 1. The largest absolute Gasteiger partial charge is 0.432 e. The molecular weight excluding hydrogens is 214 g/mol. The summed E-state index contributed by atoms with van der Waals surface area (Å²) in [4.78, 5) is 8.82. The summed E-state index contributed by atoms with van der Waals surface area (Å²) in [5.74, 6) is 0.410. The summed E-state index contributed by atoms with van der Waals surface area (Å²) in [5, 5.41) is 0. The number of aromatic nitrogens is 1. The summed E-state index contributed by atoms with van der Waals surface area (Å²) in [6.07, 6.45) is 1.63. The third-order valence-electron chi connectivity index (χ3n) is 2.91. The van der Waals surface area contributed by atoms with Crippen LogP contribution in [0.2, 0.25) is 0 Å². The molecule has 2 heterocycles. The molecule has 0 saturated carbocycles. The van der Waals surface area contributed by atoms with Gasteiger partial charge in [-0.05, 0) is 14.0 Å². The van der Waals surface area contributed by atoms with E-state index in [0.29, 0.717) is 17.9 Å². The Labute approximate surface area is 94.8 Å². The topological polar surface area (TPSA) is 32.5 Å². The summed E-state index contributed by atoms with van der Waals surface area (Å²) >= 11 is 5.68. The molecule has 15 heavy (non-hydrogen) atoms. The Morgan fingerprint density at radius 1 is 1.60 bits per heavy atom. The quantitative estimate of drug-likeness (QED) is 0.721. The van der Waals surface area contributed by atoms with Crippen LogP contribution in [0.3, 0.4) is 0 Å². The molecule has 1 saturated heterocycles. The minimum atomic E-state index is 0.410. The molecule has 0 N–H and O–H groups in total. The lowest BCUT2D eigenvalue weighted by molar-refractivity contribution is 0.229. The highest BCUT2D eigenvalue weighted by Crippen LogP contribution is 2.18. The maximum absolute atomic E-state index is 5.68. The van der Waals surface area contributed by atoms with E-state index in [1.807, 2.05) is 0 Å². The van der Waals surface area contributed by atoms with Crippen molar-refractivity contribution in [2.75, 3.05) is 31.6 Å². The van der Waals surface area contributed by atoms with Gasteiger partial charge in [0.1, 0.15) is 6.26 Å². The zero-order valence-corrected chi connectivity index (χ0v) is 9.87. The van der Waals surface area contributed by atoms with E-state index in [0.717, 1.165) is 25.3 Å². The first-order valence-electron chi connectivity index (χ1n) is 5.16. The van der Waals surface area contributed by atoms with E-state index < -0.39 is 0 Å². The van der Waals surface area contributed by atoms with Crippen LogP contribution in [0, 0.1) is 0 Å². The van der Waals surface area contributed by atoms with Crippen LogP contribution in [0.15, 0.2) is 10.7 Å². The van der Waals surface area contributed by atoms with Crippen molar-refractivity contribution in [3.05, 3.63) is 12.0 Å². The molecule has 1 aromatic rings. The average Bonchev–Trinajstić information content (AvgIpc) is 2.70. The molecule has 0 amide bonds. The van der Waals surface area contributed by atoms with Crippen molar-refractivity contribution in [2.24, 2.45) is 0 Å². The summed E-state index contributed by atoms with van der Waals surface area (Å²) < 4.78 is 5.39. The van der Waals surface area contributed by atoms with E-state index in [9.17, 15) is 0 Å². The molecule has 0 spiro atoms. The minimum absolute atomic E-state index is 0.410. The van der Waals surface area contributed by atoms with Gasteiger partial charge in [-0.3, -0.25) is 0 Å². The fourth-order valence-corrected chi connectivity index (χ4v) is 1.85. The van der Waals surface area contributed by atoms with Gasteiger partial charge >= 0.3 is 0 Å². The molecule has 1 unspecified atom stereocenters. The lowest BCUT2D eigenvalue weighted by atomic mass is 10.2. The minimum Gasteiger partial charge on any atom is -0.432 e. The van der Waals surface area contributed by atoms with Crippen LogP contribution < -0.4 is 4.90 Å². The van der Waals surface area contributed by atoms with E-state index >= 15 is 0 Å². The van der Waals surface area contributed by atoms with E-state index in [4.69, 9.17) is 16.0 Å². The summed E-state index contributed by atoms with van der Waals surface area (Å²) in [7, 11) is 2.14. The third kappa shape index (κ3) is 2.26. The highest BCUT2D eigenvalue weighted by Gasteiger charge is 2.23. The molecule has 0 bridgehead atoms. The van der Waals surface area contributed by atoms with Crippen molar-refractivity contribution >= 4 is 17.6 Å². The fraction of sp³-hybridized carbons (Fsp3) is 0.700. The molecule has 0 radical (unpaired) electrons. The van der Waals surface area contributed by atoms with Gasteiger partial charge in [0.2, 0.25) is 0 Å². The second-order valence-corrected chi connectivity index (χ2v) is 4.30. The molecule has 1 aliphatic rings. The predicted octanol–water partition coefficient (Wildman–Crippen LogP) is 1.55. The molecule has 0 aliphatic carbocycles. The van der Waals surface area contributed by atoms with E-state index in [-0.39, 0.29) is 0 Å². The van der Waals surface area contributed by atoms with E-state index in [1.165, 1.54) is 0 Å². The Morgan fingerprint density at radius 2 is 2.40 bits per heavy atom.